The second-order valence-electron chi connectivity index (χ2n) is 11.6. The second-order valence-corrected chi connectivity index (χ2v) is 11.6. The molecule has 0 N–H and O–H groups in total. The molecule has 0 amide bonds. The van der Waals surface area contributed by atoms with Crippen molar-refractivity contribution >= 4 is 7.32 Å². The number of hydrogen-bond acceptors (Lipinski definition) is 3. The van der Waals surface area contributed by atoms with E-state index in [0.29, 0.717) is 0 Å². The summed E-state index contributed by atoms with van der Waals surface area (Å²) in [5.74, 6) is 8.01. The minimum absolute atomic E-state index is 0.405. The van der Waals surface area contributed by atoms with Gasteiger partial charge in [-0.05, 0) is 111 Å². The fraction of sp³-hybridized carbons (Fsp3) is 1.00. The lowest BCUT2D eigenvalue weighted by atomic mass is 9.88. The Labute approximate surface area is 171 Å². The monoisotopic (exact) mass is 386 g/mol. The molecule has 156 valence electrons. The van der Waals surface area contributed by atoms with E-state index in [9.17, 15) is 0 Å². The molecule has 0 aromatic heterocycles. The van der Waals surface area contributed by atoms with Gasteiger partial charge in [0.1, 0.15) is 0 Å². The molecule has 3 nitrogen and oxygen atoms in total. The molecule has 0 saturated heterocycles. The van der Waals surface area contributed by atoms with E-state index in [1.807, 2.05) is 0 Å². The van der Waals surface area contributed by atoms with Crippen LogP contribution < -0.4 is 0 Å². The van der Waals surface area contributed by atoms with E-state index >= 15 is 0 Å². The SMILES string of the molecule is C1C[C@H]2C[C@H]1C[C@H]2COB(OC[C@@H]1C[C@H]2CC[C@H]1C2)OC[C@@H]1C[C@H]2CC[C@H]1C2. The van der Waals surface area contributed by atoms with Crippen LogP contribution in [0.25, 0.3) is 0 Å². The van der Waals surface area contributed by atoms with Gasteiger partial charge in [-0.3, -0.25) is 0 Å². The van der Waals surface area contributed by atoms with Gasteiger partial charge < -0.3 is 14.0 Å². The third-order valence-electron chi connectivity index (χ3n) is 9.99. The van der Waals surface area contributed by atoms with Gasteiger partial charge in [-0.25, -0.2) is 0 Å². The molecule has 6 fully saturated rings. The Bertz CT molecular complexity index is 480. The third kappa shape index (κ3) is 3.71. The molecule has 0 aromatic carbocycles. The summed E-state index contributed by atoms with van der Waals surface area (Å²) in [6.45, 7) is 2.58. The van der Waals surface area contributed by atoms with Crippen LogP contribution in [0.1, 0.15) is 77.0 Å². The Hall–Kier alpha value is -0.0551. The summed E-state index contributed by atoms with van der Waals surface area (Å²) in [4.78, 5) is 0. The lowest BCUT2D eigenvalue weighted by molar-refractivity contribution is 0.0400. The Kier molecular flexibility index (Phi) is 5.27. The Morgan fingerprint density at radius 2 is 0.821 bits per heavy atom. The molecule has 0 aromatic rings. The highest BCUT2D eigenvalue weighted by Crippen LogP contribution is 2.50. The first-order valence-electron chi connectivity index (χ1n) is 12.6. The zero-order chi connectivity index (χ0) is 18.5. The summed E-state index contributed by atoms with van der Waals surface area (Å²) in [6, 6.07) is 0. The molecule has 0 spiro atoms. The first-order chi connectivity index (χ1) is 13.8. The Morgan fingerprint density at radius 1 is 0.464 bits per heavy atom. The van der Waals surface area contributed by atoms with Crippen LogP contribution in [-0.2, 0) is 14.0 Å². The van der Waals surface area contributed by atoms with Crippen molar-refractivity contribution in [2.75, 3.05) is 19.8 Å². The molecule has 6 aliphatic carbocycles. The van der Waals surface area contributed by atoms with Gasteiger partial charge in [0.05, 0.1) is 0 Å². The summed E-state index contributed by atoms with van der Waals surface area (Å²) < 4.78 is 18.9. The molecule has 0 aliphatic heterocycles. The fourth-order valence-electron chi connectivity index (χ4n) is 8.49. The van der Waals surface area contributed by atoms with E-state index in [-0.39, 0.29) is 0 Å². The zero-order valence-corrected chi connectivity index (χ0v) is 17.6. The third-order valence-corrected chi connectivity index (χ3v) is 9.99. The first kappa shape index (κ1) is 18.7. The van der Waals surface area contributed by atoms with E-state index in [1.54, 1.807) is 0 Å². The van der Waals surface area contributed by atoms with Crippen LogP contribution in [0.3, 0.4) is 0 Å². The topological polar surface area (TPSA) is 27.7 Å². The average Bonchev–Trinajstić information content (AvgIpc) is 3.54. The molecule has 0 radical (unpaired) electrons. The van der Waals surface area contributed by atoms with Crippen LogP contribution in [0.5, 0.6) is 0 Å². The maximum Gasteiger partial charge on any atom is 0.639 e. The van der Waals surface area contributed by atoms with Gasteiger partial charge in [0.25, 0.3) is 0 Å². The summed E-state index contributed by atoms with van der Waals surface area (Å²) in [5, 5.41) is 0. The highest BCUT2D eigenvalue weighted by Gasteiger charge is 2.43. The van der Waals surface area contributed by atoms with Gasteiger partial charge in [0.15, 0.2) is 0 Å². The number of rotatable bonds is 9. The normalized spacial score (nSPS) is 48.2. The Morgan fingerprint density at radius 3 is 1.07 bits per heavy atom. The quantitative estimate of drug-likeness (QED) is 0.502. The molecule has 9 atom stereocenters. The van der Waals surface area contributed by atoms with Crippen molar-refractivity contribution in [2.45, 2.75) is 77.0 Å². The van der Waals surface area contributed by atoms with Crippen LogP contribution in [-0.4, -0.2) is 27.1 Å². The molecule has 4 heteroatoms. The van der Waals surface area contributed by atoms with Gasteiger partial charge in [-0.2, -0.15) is 0 Å². The van der Waals surface area contributed by atoms with Gasteiger partial charge >= 0.3 is 7.32 Å². The van der Waals surface area contributed by atoms with Crippen molar-refractivity contribution in [1.82, 2.24) is 0 Å². The van der Waals surface area contributed by atoms with Gasteiger partial charge in [0, 0.05) is 19.8 Å². The van der Waals surface area contributed by atoms with E-state index in [1.165, 1.54) is 77.0 Å². The number of hydrogen-bond donors (Lipinski definition) is 0. The van der Waals surface area contributed by atoms with Gasteiger partial charge in [0.2, 0.25) is 0 Å². The molecule has 6 aliphatic rings. The van der Waals surface area contributed by atoms with E-state index in [4.69, 9.17) is 14.0 Å². The van der Waals surface area contributed by atoms with Crippen molar-refractivity contribution in [2.24, 2.45) is 53.3 Å². The highest BCUT2D eigenvalue weighted by atomic mass is 16.7. The predicted molar refractivity (Wildman–Crippen MR) is 110 cm³/mol. The van der Waals surface area contributed by atoms with Gasteiger partial charge in [-0.1, -0.05) is 19.3 Å². The van der Waals surface area contributed by atoms with Crippen LogP contribution in [0.15, 0.2) is 0 Å². The number of fused-ring (bicyclic) bond motifs is 6. The van der Waals surface area contributed by atoms with E-state index in [0.717, 1.165) is 73.1 Å². The maximum atomic E-state index is 6.31. The predicted octanol–water partition coefficient (Wildman–Crippen LogP) is 5.33. The Balaban J connectivity index is 1.01. The fourth-order valence-corrected chi connectivity index (χ4v) is 8.49. The van der Waals surface area contributed by atoms with Crippen LogP contribution in [0.4, 0.5) is 0 Å². The maximum absolute atomic E-state index is 6.31. The van der Waals surface area contributed by atoms with Crippen molar-refractivity contribution in [1.29, 1.82) is 0 Å². The molecular weight excluding hydrogens is 347 g/mol. The highest BCUT2D eigenvalue weighted by molar-refractivity contribution is 6.36. The lowest BCUT2D eigenvalue weighted by Crippen LogP contribution is -2.35. The van der Waals surface area contributed by atoms with Crippen molar-refractivity contribution < 1.29 is 14.0 Å². The minimum Gasteiger partial charge on any atom is -0.386 e. The van der Waals surface area contributed by atoms with Crippen LogP contribution in [0, 0.1) is 53.3 Å². The standard InChI is InChI=1S/C24H39BO3/c1-4-19-7-16(1)10-22(19)13-26-25(27-14-23-11-17-2-5-20(23)8-17)28-15-24-12-18-3-6-21(24)9-18/h16-24H,1-15H2/t16-,17-,18-,19-,20-,21-,22-,23-,24-/m0/s1. The molecule has 28 heavy (non-hydrogen) atoms. The smallest absolute Gasteiger partial charge is 0.386 e. The molecule has 6 bridgehead atoms. The average molecular weight is 386 g/mol. The van der Waals surface area contributed by atoms with E-state index < -0.39 is 7.32 Å². The summed E-state index contributed by atoms with van der Waals surface area (Å²) in [5.41, 5.74) is 0. The molecule has 6 saturated carbocycles. The lowest BCUT2D eigenvalue weighted by Gasteiger charge is -2.27. The molecule has 6 rings (SSSR count). The van der Waals surface area contributed by atoms with Crippen LogP contribution in [0.2, 0.25) is 0 Å². The summed E-state index contributed by atoms with van der Waals surface area (Å²) in [7, 11) is -0.405. The van der Waals surface area contributed by atoms with Crippen molar-refractivity contribution in [3.05, 3.63) is 0 Å². The molecule has 0 heterocycles. The first-order valence-corrected chi connectivity index (χ1v) is 12.6. The van der Waals surface area contributed by atoms with Crippen LogP contribution >= 0.6 is 0 Å². The molecule has 0 unspecified atom stereocenters. The largest absolute Gasteiger partial charge is 0.639 e. The second kappa shape index (κ2) is 7.89. The zero-order valence-electron chi connectivity index (χ0n) is 17.6. The summed E-state index contributed by atoms with van der Waals surface area (Å²) >= 11 is 0. The van der Waals surface area contributed by atoms with Crippen molar-refractivity contribution in [3.63, 3.8) is 0 Å². The molecular formula is C24H39BO3. The van der Waals surface area contributed by atoms with Gasteiger partial charge in [-0.15, -0.1) is 0 Å². The summed E-state index contributed by atoms with van der Waals surface area (Å²) in [6.07, 6.45) is 17.2. The van der Waals surface area contributed by atoms with Crippen molar-refractivity contribution in [3.8, 4) is 0 Å². The minimum atomic E-state index is -0.405. The van der Waals surface area contributed by atoms with E-state index in [2.05, 4.69) is 0 Å².